The van der Waals surface area contributed by atoms with E-state index in [0.717, 1.165) is 12.0 Å². The summed E-state index contributed by atoms with van der Waals surface area (Å²) in [5, 5.41) is 2.86. The Morgan fingerprint density at radius 2 is 2.15 bits per heavy atom. The average Bonchev–Trinajstić information content (AvgIpc) is 2.39. The van der Waals surface area contributed by atoms with Gasteiger partial charge in [0, 0.05) is 12.2 Å². The highest BCUT2D eigenvalue weighted by atomic mass is 16.5. The Labute approximate surface area is 120 Å². The molecule has 1 atom stereocenters. The van der Waals surface area contributed by atoms with E-state index in [-0.39, 0.29) is 5.91 Å². The first-order valence-corrected chi connectivity index (χ1v) is 6.92. The molecular weight excluding hydrogens is 256 g/mol. The summed E-state index contributed by atoms with van der Waals surface area (Å²) in [6.07, 6.45) is 3.14. The van der Waals surface area contributed by atoms with Gasteiger partial charge in [-0.3, -0.25) is 4.79 Å². The molecule has 0 fully saturated rings. The Kier molecular flexibility index (Phi) is 5.95. The molecule has 0 aliphatic heterocycles. The molecule has 5 heteroatoms. The third-order valence-electron chi connectivity index (χ3n) is 3.15. The standard InChI is InChI=1S/C15H24N2O3/c1-6-8-15(4,20-7-2)14(18)17-12-9-11(3)13(19-5)16-10-12/h9-10H,6-8H2,1-5H3,(H,17,18)/t15-/m1/s1. The fourth-order valence-electron chi connectivity index (χ4n) is 2.15. The number of nitrogens with zero attached hydrogens (tertiary/aromatic N) is 1. The Balaban J connectivity index is 2.85. The van der Waals surface area contributed by atoms with Crippen molar-refractivity contribution < 1.29 is 14.3 Å². The lowest BCUT2D eigenvalue weighted by molar-refractivity contribution is -0.139. The van der Waals surface area contributed by atoms with Crippen molar-refractivity contribution in [3.05, 3.63) is 17.8 Å². The second kappa shape index (κ2) is 7.24. The molecule has 0 aromatic carbocycles. The molecule has 1 aromatic heterocycles. The predicted molar refractivity (Wildman–Crippen MR) is 79.1 cm³/mol. The van der Waals surface area contributed by atoms with Crippen molar-refractivity contribution in [1.29, 1.82) is 0 Å². The molecule has 0 aliphatic carbocycles. The summed E-state index contributed by atoms with van der Waals surface area (Å²) >= 11 is 0. The highest BCUT2D eigenvalue weighted by Crippen LogP contribution is 2.22. The number of carbonyl (C=O) groups excluding carboxylic acids is 1. The topological polar surface area (TPSA) is 60.5 Å². The van der Waals surface area contributed by atoms with Crippen LogP contribution in [-0.4, -0.2) is 30.2 Å². The lowest BCUT2D eigenvalue weighted by Gasteiger charge is -2.27. The van der Waals surface area contributed by atoms with Crippen LogP contribution in [0.4, 0.5) is 5.69 Å². The second-order valence-corrected chi connectivity index (χ2v) is 4.92. The minimum atomic E-state index is -0.808. The summed E-state index contributed by atoms with van der Waals surface area (Å²) in [4.78, 5) is 16.5. The highest BCUT2D eigenvalue weighted by Gasteiger charge is 2.33. The number of rotatable bonds is 7. The van der Waals surface area contributed by atoms with E-state index >= 15 is 0 Å². The van der Waals surface area contributed by atoms with Gasteiger partial charge in [0.15, 0.2) is 0 Å². The maximum atomic E-state index is 12.4. The van der Waals surface area contributed by atoms with Crippen LogP contribution in [0.1, 0.15) is 39.2 Å². The minimum absolute atomic E-state index is 0.146. The van der Waals surface area contributed by atoms with Gasteiger partial charge in [0.1, 0.15) is 5.60 Å². The van der Waals surface area contributed by atoms with Crippen LogP contribution >= 0.6 is 0 Å². The molecule has 1 rings (SSSR count). The lowest BCUT2D eigenvalue weighted by atomic mass is 9.99. The number of pyridine rings is 1. The molecule has 112 valence electrons. The van der Waals surface area contributed by atoms with Crippen molar-refractivity contribution in [2.75, 3.05) is 19.0 Å². The van der Waals surface area contributed by atoms with E-state index in [1.165, 1.54) is 0 Å². The quantitative estimate of drug-likeness (QED) is 0.834. The van der Waals surface area contributed by atoms with Gasteiger partial charge in [-0.05, 0) is 33.3 Å². The molecule has 0 saturated carbocycles. The Morgan fingerprint density at radius 1 is 1.45 bits per heavy atom. The Morgan fingerprint density at radius 3 is 2.65 bits per heavy atom. The average molecular weight is 280 g/mol. The van der Waals surface area contributed by atoms with E-state index in [2.05, 4.69) is 10.3 Å². The molecule has 5 nitrogen and oxygen atoms in total. The number of ether oxygens (including phenoxy) is 2. The van der Waals surface area contributed by atoms with Crippen molar-refractivity contribution in [1.82, 2.24) is 4.98 Å². The van der Waals surface area contributed by atoms with Gasteiger partial charge in [0.25, 0.3) is 5.91 Å². The zero-order valence-corrected chi connectivity index (χ0v) is 12.9. The fraction of sp³-hybridized carbons (Fsp3) is 0.600. The summed E-state index contributed by atoms with van der Waals surface area (Å²) in [5.41, 5.74) is 0.714. The lowest BCUT2D eigenvalue weighted by Crippen LogP contribution is -2.42. The molecule has 20 heavy (non-hydrogen) atoms. The van der Waals surface area contributed by atoms with Crippen LogP contribution in [0.5, 0.6) is 5.88 Å². The molecule has 1 heterocycles. The number of aryl methyl sites for hydroxylation is 1. The molecule has 1 amide bonds. The van der Waals surface area contributed by atoms with E-state index in [0.29, 0.717) is 24.6 Å². The predicted octanol–water partition coefficient (Wildman–Crippen LogP) is 2.93. The third-order valence-corrected chi connectivity index (χ3v) is 3.15. The maximum Gasteiger partial charge on any atom is 0.256 e. The Bertz CT molecular complexity index is 454. The summed E-state index contributed by atoms with van der Waals surface area (Å²) in [5.74, 6) is 0.414. The number of methoxy groups -OCH3 is 1. The highest BCUT2D eigenvalue weighted by molar-refractivity contribution is 5.97. The summed E-state index contributed by atoms with van der Waals surface area (Å²) < 4.78 is 10.7. The van der Waals surface area contributed by atoms with Crippen LogP contribution in [0.25, 0.3) is 0 Å². The molecule has 0 radical (unpaired) electrons. The van der Waals surface area contributed by atoms with Gasteiger partial charge in [-0.15, -0.1) is 0 Å². The zero-order chi connectivity index (χ0) is 15.2. The van der Waals surface area contributed by atoms with Gasteiger partial charge >= 0.3 is 0 Å². The first kappa shape index (κ1) is 16.4. The van der Waals surface area contributed by atoms with Crippen LogP contribution < -0.4 is 10.1 Å². The molecule has 0 spiro atoms. The van der Waals surface area contributed by atoms with Crippen molar-refractivity contribution in [2.45, 2.75) is 46.1 Å². The molecule has 0 bridgehead atoms. The van der Waals surface area contributed by atoms with Crippen LogP contribution in [0.3, 0.4) is 0 Å². The van der Waals surface area contributed by atoms with E-state index in [4.69, 9.17) is 9.47 Å². The van der Waals surface area contributed by atoms with E-state index < -0.39 is 5.60 Å². The first-order chi connectivity index (χ1) is 9.46. The normalized spacial score (nSPS) is 13.7. The zero-order valence-electron chi connectivity index (χ0n) is 12.9. The smallest absolute Gasteiger partial charge is 0.256 e. The van der Waals surface area contributed by atoms with Crippen molar-refractivity contribution in [3.8, 4) is 5.88 Å². The van der Waals surface area contributed by atoms with E-state index in [9.17, 15) is 4.79 Å². The molecule has 1 aromatic rings. The van der Waals surface area contributed by atoms with Crippen molar-refractivity contribution in [2.24, 2.45) is 0 Å². The third kappa shape index (κ3) is 3.93. The van der Waals surface area contributed by atoms with Crippen LogP contribution in [0, 0.1) is 6.92 Å². The van der Waals surface area contributed by atoms with Gasteiger partial charge in [-0.2, -0.15) is 0 Å². The molecule has 1 N–H and O–H groups in total. The SMILES string of the molecule is CCC[C@@](C)(OCC)C(=O)Nc1cnc(OC)c(C)c1. The molecular formula is C15H24N2O3. The molecule has 0 aliphatic rings. The van der Waals surface area contributed by atoms with Crippen LogP contribution in [0.15, 0.2) is 12.3 Å². The monoisotopic (exact) mass is 280 g/mol. The number of hydrogen-bond acceptors (Lipinski definition) is 4. The Hall–Kier alpha value is -1.62. The van der Waals surface area contributed by atoms with Gasteiger partial charge in [-0.1, -0.05) is 13.3 Å². The van der Waals surface area contributed by atoms with Crippen molar-refractivity contribution in [3.63, 3.8) is 0 Å². The second-order valence-electron chi connectivity index (χ2n) is 4.92. The minimum Gasteiger partial charge on any atom is -0.481 e. The van der Waals surface area contributed by atoms with Gasteiger partial charge in [0.2, 0.25) is 5.88 Å². The maximum absolute atomic E-state index is 12.4. The molecule has 0 unspecified atom stereocenters. The first-order valence-electron chi connectivity index (χ1n) is 6.92. The van der Waals surface area contributed by atoms with Crippen LogP contribution in [-0.2, 0) is 9.53 Å². The van der Waals surface area contributed by atoms with E-state index in [1.807, 2.05) is 33.8 Å². The number of nitrogens with one attached hydrogen (secondary N) is 1. The number of carbonyl (C=O) groups is 1. The number of aromatic nitrogens is 1. The largest absolute Gasteiger partial charge is 0.481 e. The number of amides is 1. The van der Waals surface area contributed by atoms with Gasteiger partial charge < -0.3 is 14.8 Å². The summed E-state index contributed by atoms with van der Waals surface area (Å²) in [6, 6.07) is 1.84. The van der Waals surface area contributed by atoms with Crippen LogP contribution in [0.2, 0.25) is 0 Å². The number of anilines is 1. The summed E-state index contributed by atoms with van der Waals surface area (Å²) in [7, 11) is 1.57. The van der Waals surface area contributed by atoms with E-state index in [1.54, 1.807) is 13.3 Å². The molecule has 0 saturated heterocycles. The van der Waals surface area contributed by atoms with Gasteiger partial charge in [0.05, 0.1) is 19.0 Å². The fourth-order valence-corrected chi connectivity index (χ4v) is 2.15. The summed E-state index contributed by atoms with van der Waals surface area (Å²) in [6.45, 7) is 8.13. The van der Waals surface area contributed by atoms with Gasteiger partial charge in [-0.25, -0.2) is 4.98 Å². The number of hydrogen-bond donors (Lipinski definition) is 1. The van der Waals surface area contributed by atoms with Crippen molar-refractivity contribution >= 4 is 11.6 Å².